The van der Waals surface area contributed by atoms with Gasteiger partial charge in [-0.1, -0.05) is 44.2 Å². The highest BCUT2D eigenvalue weighted by molar-refractivity contribution is 7.18. The molecule has 4 nitrogen and oxygen atoms in total. The lowest BCUT2D eigenvalue weighted by atomic mass is 9.85. The molecule has 1 aromatic carbocycles. The molecule has 3 rings (SSSR count). The zero-order valence-corrected chi connectivity index (χ0v) is 15.5. The Morgan fingerprint density at radius 3 is 2.56 bits per heavy atom. The fourth-order valence-corrected chi connectivity index (χ4v) is 3.43. The zero-order valence-electron chi connectivity index (χ0n) is 14.3. The minimum atomic E-state index is -2.88. The van der Waals surface area contributed by atoms with Gasteiger partial charge in [-0.3, -0.25) is 4.79 Å². The summed E-state index contributed by atoms with van der Waals surface area (Å²) >= 11 is 0. The molecule has 0 aliphatic carbocycles. The minimum absolute atomic E-state index is 0.129. The topological polar surface area (TPSA) is 41.9 Å². The summed E-state index contributed by atoms with van der Waals surface area (Å²) in [6.07, 6.45) is 1.51. The molecule has 2 aliphatic rings. The third-order valence-electron chi connectivity index (χ3n) is 4.92. The van der Waals surface area contributed by atoms with Crippen LogP contribution in [-0.2, 0) is 9.63 Å². The number of oxime groups is 1. The van der Waals surface area contributed by atoms with Crippen molar-refractivity contribution in [3.8, 4) is 0 Å². The summed E-state index contributed by atoms with van der Waals surface area (Å²) in [5.74, 6) is -0.213. The molecule has 1 spiro atoms. The van der Waals surface area contributed by atoms with Crippen LogP contribution in [0.25, 0.3) is 0 Å². The summed E-state index contributed by atoms with van der Waals surface area (Å²) in [7, 11) is 1.48. The lowest BCUT2D eigenvalue weighted by molar-refractivity contribution is -0.137. The second kappa shape index (κ2) is 6.99. The highest BCUT2D eigenvalue weighted by atomic mass is 31.0. The molecule has 1 saturated heterocycles. The maximum absolute atomic E-state index is 12.9. The number of hydrogen-bond acceptors (Lipinski definition) is 3. The van der Waals surface area contributed by atoms with Crippen LogP contribution < -0.4 is 0 Å². The van der Waals surface area contributed by atoms with Crippen molar-refractivity contribution < 1.29 is 18.4 Å². The van der Waals surface area contributed by atoms with Crippen molar-refractivity contribution in [2.75, 3.05) is 13.1 Å². The van der Waals surface area contributed by atoms with Crippen LogP contribution in [0.3, 0.4) is 0 Å². The lowest BCUT2D eigenvalue weighted by Gasteiger charge is -2.37. The van der Waals surface area contributed by atoms with Gasteiger partial charge >= 0.3 is 0 Å². The average Bonchev–Trinajstić information content (AvgIpc) is 2.97. The largest absolute Gasteiger partial charge is 0.388 e. The number of aryl methyl sites for hydroxylation is 1. The number of halogens is 2. The van der Waals surface area contributed by atoms with Gasteiger partial charge in [0.15, 0.2) is 0 Å². The number of rotatable bonds is 4. The maximum atomic E-state index is 12.9. The van der Waals surface area contributed by atoms with E-state index in [2.05, 4.69) is 5.16 Å². The molecule has 1 unspecified atom stereocenters. The van der Waals surface area contributed by atoms with Crippen molar-refractivity contribution in [1.29, 1.82) is 0 Å². The molecule has 1 amide bonds. The summed E-state index contributed by atoms with van der Waals surface area (Å²) in [6.45, 7) is 3.09. The molecule has 1 fully saturated rings. The number of benzene rings is 1. The SMILES string of the molecule is Cc1ccc(C2=NOC3(CCN(C(=O)CCC(F)(F)P)CC3)C2)cc1. The number of carbonyl (C=O) groups is 1. The standard InChI is InChI=1S/C18H23F2N2O2P/c1-13-2-4-14(5-3-13)15-12-17(24-21-15)8-10-22(11-9-17)16(23)6-7-18(19,20)25/h2-5H,6-12,25H2,1H3. The van der Waals surface area contributed by atoms with Gasteiger partial charge in [-0.25, -0.2) is 8.78 Å². The van der Waals surface area contributed by atoms with E-state index in [1.54, 1.807) is 4.90 Å². The van der Waals surface area contributed by atoms with Crippen LogP contribution in [-0.4, -0.2) is 40.9 Å². The monoisotopic (exact) mass is 368 g/mol. The second-order valence-electron chi connectivity index (χ2n) is 7.00. The van der Waals surface area contributed by atoms with Crippen molar-refractivity contribution in [2.24, 2.45) is 5.16 Å². The molecular weight excluding hydrogens is 345 g/mol. The van der Waals surface area contributed by atoms with E-state index in [1.165, 1.54) is 14.8 Å². The van der Waals surface area contributed by atoms with E-state index in [4.69, 9.17) is 4.84 Å². The van der Waals surface area contributed by atoms with E-state index in [1.807, 2.05) is 31.2 Å². The summed E-state index contributed by atoms with van der Waals surface area (Å²) in [5, 5.41) is 4.26. The Kier molecular flexibility index (Phi) is 5.10. The van der Waals surface area contributed by atoms with Crippen molar-refractivity contribution in [3.05, 3.63) is 35.4 Å². The van der Waals surface area contributed by atoms with Gasteiger partial charge in [0, 0.05) is 45.2 Å². The summed E-state index contributed by atoms with van der Waals surface area (Å²) < 4.78 is 25.8. The van der Waals surface area contributed by atoms with Gasteiger partial charge in [0.2, 0.25) is 5.91 Å². The number of hydrogen-bond donors (Lipinski definition) is 0. The normalized spacial score (nSPS) is 19.7. The van der Waals surface area contributed by atoms with Crippen LogP contribution >= 0.6 is 9.24 Å². The Bertz CT molecular complexity index is 663. The van der Waals surface area contributed by atoms with E-state index >= 15 is 0 Å². The predicted molar refractivity (Wildman–Crippen MR) is 95.9 cm³/mol. The van der Waals surface area contributed by atoms with Crippen molar-refractivity contribution in [1.82, 2.24) is 4.90 Å². The molecule has 0 saturated carbocycles. The Balaban J connectivity index is 1.53. The van der Waals surface area contributed by atoms with Gasteiger partial charge in [0.1, 0.15) is 5.60 Å². The first-order valence-corrected chi connectivity index (χ1v) is 9.11. The van der Waals surface area contributed by atoms with Gasteiger partial charge in [-0.2, -0.15) is 0 Å². The molecule has 1 aromatic rings. The van der Waals surface area contributed by atoms with Gasteiger partial charge in [-0.15, -0.1) is 0 Å². The van der Waals surface area contributed by atoms with Crippen LogP contribution in [0.1, 0.15) is 43.2 Å². The highest BCUT2D eigenvalue weighted by Gasteiger charge is 2.43. The number of carbonyl (C=O) groups excluding carboxylic acids is 1. The smallest absolute Gasteiger partial charge is 0.259 e. The summed E-state index contributed by atoms with van der Waals surface area (Å²) in [4.78, 5) is 19.5. The van der Waals surface area contributed by atoms with Crippen LogP contribution in [0.15, 0.2) is 29.4 Å². The molecule has 0 bridgehead atoms. The summed E-state index contributed by atoms with van der Waals surface area (Å²) in [5.41, 5.74) is -0.0496. The molecule has 2 heterocycles. The Morgan fingerprint density at radius 1 is 1.32 bits per heavy atom. The highest BCUT2D eigenvalue weighted by Crippen LogP contribution is 2.36. The van der Waals surface area contributed by atoms with E-state index in [-0.39, 0.29) is 17.9 Å². The van der Waals surface area contributed by atoms with Crippen molar-refractivity contribution in [3.63, 3.8) is 0 Å². The molecule has 0 radical (unpaired) electrons. The lowest BCUT2D eigenvalue weighted by Crippen LogP contribution is -2.47. The average molecular weight is 368 g/mol. The quantitative estimate of drug-likeness (QED) is 0.760. The van der Waals surface area contributed by atoms with Crippen molar-refractivity contribution >= 4 is 20.9 Å². The number of piperidine rings is 1. The van der Waals surface area contributed by atoms with Crippen LogP contribution in [0.4, 0.5) is 8.78 Å². The Morgan fingerprint density at radius 2 is 1.96 bits per heavy atom. The molecule has 1 atom stereocenters. The van der Waals surface area contributed by atoms with Gasteiger partial charge in [-0.05, 0) is 12.5 Å². The third-order valence-corrected chi connectivity index (χ3v) is 5.21. The first kappa shape index (κ1) is 18.2. The Labute approximate surface area is 148 Å². The van der Waals surface area contributed by atoms with Crippen molar-refractivity contribution in [2.45, 2.75) is 50.3 Å². The third kappa shape index (κ3) is 4.55. The van der Waals surface area contributed by atoms with Crippen LogP contribution in [0, 0.1) is 6.92 Å². The van der Waals surface area contributed by atoms with Gasteiger partial charge in [0.25, 0.3) is 5.66 Å². The minimum Gasteiger partial charge on any atom is -0.388 e. The maximum Gasteiger partial charge on any atom is 0.259 e. The predicted octanol–water partition coefficient (Wildman–Crippen LogP) is 3.73. The van der Waals surface area contributed by atoms with E-state index in [9.17, 15) is 13.6 Å². The number of nitrogens with zero attached hydrogens (tertiary/aromatic N) is 2. The molecule has 0 aromatic heterocycles. The van der Waals surface area contributed by atoms with Gasteiger partial charge < -0.3 is 9.74 Å². The number of likely N-dealkylation sites (tertiary alicyclic amines) is 1. The summed E-state index contributed by atoms with van der Waals surface area (Å²) in [6, 6.07) is 8.17. The molecular formula is C18H23F2N2O2P. The molecule has 25 heavy (non-hydrogen) atoms. The van der Waals surface area contributed by atoms with Crippen LogP contribution in [0.2, 0.25) is 0 Å². The first-order chi connectivity index (χ1) is 11.8. The molecule has 0 N–H and O–H groups in total. The van der Waals surface area contributed by atoms with E-state index in [0.717, 1.165) is 17.7 Å². The fraction of sp³-hybridized carbons (Fsp3) is 0.556. The van der Waals surface area contributed by atoms with E-state index < -0.39 is 12.1 Å². The first-order valence-electron chi connectivity index (χ1n) is 8.53. The second-order valence-corrected chi connectivity index (χ2v) is 7.84. The van der Waals surface area contributed by atoms with Crippen LogP contribution in [0.5, 0.6) is 0 Å². The zero-order chi connectivity index (χ0) is 18.1. The number of alkyl halides is 2. The van der Waals surface area contributed by atoms with E-state index in [0.29, 0.717) is 25.9 Å². The van der Waals surface area contributed by atoms with Gasteiger partial charge in [0.05, 0.1) is 5.71 Å². The molecule has 136 valence electrons. The Hall–Kier alpha value is -1.55. The molecule has 2 aliphatic heterocycles. The number of amides is 1. The molecule has 7 heteroatoms. The fourth-order valence-electron chi connectivity index (χ4n) is 3.29.